The maximum absolute atomic E-state index is 4.90. The van der Waals surface area contributed by atoms with Gasteiger partial charge in [-0.05, 0) is 29.5 Å². The number of aromatic nitrogens is 1. The average Bonchev–Trinajstić information content (AvgIpc) is 2.83. The highest BCUT2D eigenvalue weighted by atomic mass is 32.1. The van der Waals surface area contributed by atoms with E-state index in [0.717, 1.165) is 26.1 Å². The molecule has 1 atom stereocenters. The second-order valence-corrected chi connectivity index (χ2v) is 5.75. The number of piperazine rings is 1. The van der Waals surface area contributed by atoms with Crippen molar-refractivity contribution in [3.8, 4) is 0 Å². The second kappa shape index (κ2) is 3.77. The number of nitrogens with one attached hydrogen (secondary N) is 1. The maximum atomic E-state index is 4.90. The molecule has 2 aliphatic heterocycles. The van der Waals surface area contributed by atoms with Crippen molar-refractivity contribution in [2.24, 2.45) is 0 Å². The van der Waals surface area contributed by atoms with E-state index < -0.39 is 0 Å². The van der Waals surface area contributed by atoms with Gasteiger partial charge in [-0.25, -0.2) is 4.98 Å². The van der Waals surface area contributed by atoms with E-state index in [2.05, 4.69) is 27.7 Å². The molecule has 17 heavy (non-hydrogen) atoms. The van der Waals surface area contributed by atoms with Crippen molar-refractivity contribution < 1.29 is 0 Å². The molecule has 1 unspecified atom stereocenters. The smallest absolute Gasteiger partial charge is 0.123 e. The molecule has 1 saturated heterocycles. The third-order valence-corrected chi connectivity index (χ3v) is 4.72. The molecule has 4 rings (SSSR count). The molecule has 2 aromatic heterocycles. The highest BCUT2D eigenvalue weighted by molar-refractivity contribution is 7.16. The summed E-state index contributed by atoms with van der Waals surface area (Å²) in [6.45, 7) is 4.52. The summed E-state index contributed by atoms with van der Waals surface area (Å²) in [6.07, 6.45) is 1.16. The van der Waals surface area contributed by atoms with Crippen molar-refractivity contribution in [2.45, 2.75) is 12.5 Å². The highest BCUT2D eigenvalue weighted by Crippen LogP contribution is 2.32. The van der Waals surface area contributed by atoms with Crippen LogP contribution in [0.3, 0.4) is 0 Å². The summed E-state index contributed by atoms with van der Waals surface area (Å²) in [6, 6.07) is 5.03. The largest absolute Gasteiger partial charge is 0.313 e. The zero-order valence-corrected chi connectivity index (χ0v) is 10.5. The molecule has 4 heterocycles. The first kappa shape index (κ1) is 10.00. The Hall–Kier alpha value is -0.970. The molecule has 3 nitrogen and oxygen atoms in total. The van der Waals surface area contributed by atoms with Crippen LogP contribution in [-0.2, 0) is 6.42 Å². The molecular formula is C13H15N3S. The minimum atomic E-state index is 0.499. The van der Waals surface area contributed by atoms with Crippen LogP contribution in [0.4, 0.5) is 0 Å². The van der Waals surface area contributed by atoms with Crippen LogP contribution in [0.15, 0.2) is 17.5 Å². The van der Waals surface area contributed by atoms with E-state index in [1.54, 1.807) is 11.3 Å². The molecule has 88 valence electrons. The van der Waals surface area contributed by atoms with Gasteiger partial charge in [0.2, 0.25) is 0 Å². The Balaban J connectivity index is 1.87. The van der Waals surface area contributed by atoms with Gasteiger partial charge in [0.1, 0.15) is 4.83 Å². The molecule has 0 aliphatic carbocycles. The summed E-state index contributed by atoms with van der Waals surface area (Å²) < 4.78 is 0. The molecule has 2 aliphatic rings. The van der Waals surface area contributed by atoms with Gasteiger partial charge in [-0.3, -0.25) is 4.90 Å². The van der Waals surface area contributed by atoms with Crippen LogP contribution in [0, 0.1) is 0 Å². The van der Waals surface area contributed by atoms with E-state index in [-0.39, 0.29) is 0 Å². The lowest BCUT2D eigenvalue weighted by atomic mass is 9.96. The predicted octanol–water partition coefficient (Wildman–Crippen LogP) is 1.80. The first-order valence-corrected chi connectivity index (χ1v) is 7.11. The summed E-state index contributed by atoms with van der Waals surface area (Å²) in [4.78, 5) is 8.66. The minimum absolute atomic E-state index is 0.499. The van der Waals surface area contributed by atoms with Crippen molar-refractivity contribution in [3.05, 3.63) is 28.8 Å². The summed E-state index contributed by atoms with van der Waals surface area (Å²) >= 11 is 1.75. The number of hydrogen-bond donors (Lipinski definition) is 1. The molecule has 0 bridgehead atoms. The number of hydrogen-bond acceptors (Lipinski definition) is 4. The molecule has 0 amide bonds. The lowest BCUT2D eigenvalue weighted by molar-refractivity contribution is 0.148. The van der Waals surface area contributed by atoms with E-state index in [1.165, 1.54) is 28.0 Å². The van der Waals surface area contributed by atoms with Gasteiger partial charge in [0.05, 0.1) is 11.7 Å². The summed E-state index contributed by atoms with van der Waals surface area (Å²) in [5.41, 5.74) is 2.78. The van der Waals surface area contributed by atoms with E-state index in [9.17, 15) is 0 Å². The Bertz CT molecular complexity index is 563. The van der Waals surface area contributed by atoms with Crippen LogP contribution in [-0.4, -0.2) is 36.1 Å². The lowest BCUT2D eigenvalue weighted by Crippen LogP contribution is -2.49. The van der Waals surface area contributed by atoms with Crippen molar-refractivity contribution >= 4 is 21.6 Å². The Morgan fingerprint density at radius 1 is 1.41 bits per heavy atom. The molecule has 0 saturated carbocycles. The Kier molecular flexibility index (Phi) is 2.21. The van der Waals surface area contributed by atoms with Crippen LogP contribution in [0.1, 0.15) is 17.3 Å². The van der Waals surface area contributed by atoms with Crippen LogP contribution in [0.5, 0.6) is 0 Å². The van der Waals surface area contributed by atoms with E-state index >= 15 is 0 Å². The fourth-order valence-corrected chi connectivity index (χ4v) is 3.75. The normalized spacial score (nSPS) is 24.6. The Morgan fingerprint density at radius 3 is 3.41 bits per heavy atom. The van der Waals surface area contributed by atoms with Crippen molar-refractivity contribution in [1.82, 2.24) is 15.2 Å². The van der Waals surface area contributed by atoms with Gasteiger partial charge in [0.25, 0.3) is 0 Å². The fourth-order valence-electron chi connectivity index (χ4n) is 2.99. The summed E-state index contributed by atoms with van der Waals surface area (Å²) in [5.74, 6) is 0. The van der Waals surface area contributed by atoms with Crippen molar-refractivity contribution in [1.29, 1.82) is 0 Å². The molecule has 0 aromatic carbocycles. The number of thiophene rings is 1. The van der Waals surface area contributed by atoms with Crippen molar-refractivity contribution in [3.63, 3.8) is 0 Å². The first-order chi connectivity index (χ1) is 8.42. The van der Waals surface area contributed by atoms with Gasteiger partial charge in [0, 0.05) is 31.6 Å². The lowest BCUT2D eigenvalue weighted by Gasteiger charge is -2.40. The van der Waals surface area contributed by atoms with E-state index in [4.69, 9.17) is 4.98 Å². The monoisotopic (exact) mass is 245 g/mol. The van der Waals surface area contributed by atoms with E-state index in [0.29, 0.717) is 6.04 Å². The molecule has 4 heteroatoms. The number of nitrogens with zero attached hydrogens (tertiary/aromatic N) is 2. The van der Waals surface area contributed by atoms with Crippen LogP contribution >= 0.6 is 11.3 Å². The predicted molar refractivity (Wildman–Crippen MR) is 70.5 cm³/mol. The van der Waals surface area contributed by atoms with Crippen LogP contribution < -0.4 is 5.32 Å². The van der Waals surface area contributed by atoms with Gasteiger partial charge in [-0.15, -0.1) is 11.3 Å². The molecule has 2 aromatic rings. The standard InChI is InChI=1S/C13H15N3S/c1-4-16-5-3-14-8-11(16)12-9(1)7-10-2-6-17-13(10)15-12/h2,6-7,11,14H,1,3-5,8H2. The number of pyridine rings is 1. The summed E-state index contributed by atoms with van der Waals surface area (Å²) in [7, 11) is 0. The van der Waals surface area contributed by atoms with Crippen molar-refractivity contribution in [2.75, 3.05) is 26.2 Å². The van der Waals surface area contributed by atoms with Gasteiger partial charge in [0.15, 0.2) is 0 Å². The van der Waals surface area contributed by atoms with Gasteiger partial charge in [-0.2, -0.15) is 0 Å². The molecule has 1 fully saturated rings. The number of fused-ring (bicyclic) bond motifs is 4. The SMILES string of the molecule is c1cc2cc3c(nc2s1)C1CNCCN1CC3. The Morgan fingerprint density at radius 2 is 2.41 bits per heavy atom. The second-order valence-electron chi connectivity index (χ2n) is 4.85. The topological polar surface area (TPSA) is 28.2 Å². The third kappa shape index (κ3) is 1.52. The number of rotatable bonds is 0. The quantitative estimate of drug-likeness (QED) is 0.767. The average molecular weight is 245 g/mol. The third-order valence-electron chi connectivity index (χ3n) is 3.89. The maximum Gasteiger partial charge on any atom is 0.123 e. The van der Waals surface area contributed by atoms with E-state index in [1.807, 2.05) is 0 Å². The Labute approximate surface area is 104 Å². The highest BCUT2D eigenvalue weighted by Gasteiger charge is 2.30. The summed E-state index contributed by atoms with van der Waals surface area (Å²) in [5, 5.41) is 6.94. The van der Waals surface area contributed by atoms with Crippen LogP contribution in [0.25, 0.3) is 10.2 Å². The molecule has 0 radical (unpaired) electrons. The minimum Gasteiger partial charge on any atom is -0.313 e. The van der Waals surface area contributed by atoms with Gasteiger partial charge in [-0.1, -0.05) is 0 Å². The molecular weight excluding hydrogens is 230 g/mol. The molecule has 1 N–H and O–H groups in total. The van der Waals surface area contributed by atoms with Crippen LogP contribution in [0.2, 0.25) is 0 Å². The zero-order valence-electron chi connectivity index (χ0n) is 9.65. The van der Waals surface area contributed by atoms with Gasteiger partial charge >= 0.3 is 0 Å². The fraction of sp³-hybridized carbons (Fsp3) is 0.462. The van der Waals surface area contributed by atoms with Gasteiger partial charge < -0.3 is 5.32 Å². The zero-order chi connectivity index (χ0) is 11.2. The first-order valence-electron chi connectivity index (χ1n) is 6.23. The molecule has 0 spiro atoms.